The van der Waals surface area contributed by atoms with Crippen LogP contribution in [0.3, 0.4) is 0 Å². The molecule has 146 valence electrons. The van der Waals surface area contributed by atoms with Crippen LogP contribution in [0.2, 0.25) is 0 Å². The maximum Gasteiger partial charge on any atom is 0.317 e. The van der Waals surface area contributed by atoms with Crippen LogP contribution in [0.4, 0.5) is 5.69 Å². The van der Waals surface area contributed by atoms with Crippen LogP contribution in [0.15, 0.2) is 24.3 Å². The summed E-state index contributed by atoms with van der Waals surface area (Å²) in [4.78, 5) is 25.5. The molecule has 1 aliphatic heterocycles. The predicted molar refractivity (Wildman–Crippen MR) is 100 cm³/mol. The van der Waals surface area contributed by atoms with Gasteiger partial charge in [0.15, 0.2) is 5.75 Å². The molecule has 0 aliphatic carbocycles. The summed E-state index contributed by atoms with van der Waals surface area (Å²) >= 11 is 0. The number of nitro benzene ring substituents is 1. The second kappa shape index (κ2) is 10.9. The van der Waals surface area contributed by atoms with E-state index in [9.17, 15) is 14.9 Å². The topological polar surface area (TPSA) is 96.2 Å². The number of aliphatic carboxylic acids is 1. The lowest BCUT2D eigenvalue weighted by molar-refractivity contribution is -0.385. The van der Waals surface area contributed by atoms with Crippen LogP contribution in [0.5, 0.6) is 5.75 Å². The summed E-state index contributed by atoms with van der Waals surface area (Å²) in [6.07, 6.45) is 2.89. The van der Waals surface area contributed by atoms with E-state index < -0.39 is 10.9 Å². The molecule has 1 aliphatic rings. The van der Waals surface area contributed by atoms with Crippen molar-refractivity contribution in [1.29, 1.82) is 0 Å². The number of likely N-dealkylation sites (tertiary alicyclic amines) is 1. The number of nitrogens with zero attached hydrogens (tertiary/aromatic N) is 3. The van der Waals surface area contributed by atoms with Crippen molar-refractivity contribution in [3.8, 4) is 5.75 Å². The molecule has 1 saturated heterocycles. The number of benzene rings is 1. The Morgan fingerprint density at radius 2 is 2.12 bits per heavy atom. The number of carbonyl (C=O) groups is 1. The van der Waals surface area contributed by atoms with Gasteiger partial charge in [0.2, 0.25) is 0 Å². The van der Waals surface area contributed by atoms with Gasteiger partial charge < -0.3 is 9.84 Å². The van der Waals surface area contributed by atoms with Crippen molar-refractivity contribution in [1.82, 2.24) is 9.80 Å². The number of hydrogen-bond donors (Lipinski definition) is 1. The van der Waals surface area contributed by atoms with Gasteiger partial charge in [0.05, 0.1) is 11.5 Å². The molecule has 8 nitrogen and oxygen atoms in total. The van der Waals surface area contributed by atoms with E-state index in [2.05, 4.69) is 4.90 Å². The number of carboxylic acids is 1. The third-order valence-corrected chi connectivity index (χ3v) is 4.53. The molecule has 1 aromatic rings. The second-order valence-electron chi connectivity index (χ2n) is 6.31. The van der Waals surface area contributed by atoms with Crippen molar-refractivity contribution >= 4 is 24.1 Å². The van der Waals surface area contributed by atoms with Gasteiger partial charge in [-0.15, -0.1) is 12.4 Å². The highest BCUT2D eigenvalue weighted by Crippen LogP contribution is 2.25. The molecule has 1 unspecified atom stereocenters. The molecule has 0 aromatic heterocycles. The first kappa shape index (κ1) is 22.1. The standard InChI is InChI=1S/C17H25N3O5.ClH/c1-18(13-17(21)22)14-5-4-9-19(10-8-14)11-12-25-16-7-3-2-6-15(16)20(23)24;/h2-3,6-7,14H,4-5,8-13H2,1H3,(H,21,22);1H. The number of hydrogen-bond acceptors (Lipinski definition) is 6. The quantitative estimate of drug-likeness (QED) is 0.539. The number of para-hydroxylation sites is 2. The Balaban J connectivity index is 0.00000338. The highest BCUT2D eigenvalue weighted by Gasteiger charge is 2.22. The molecule has 0 saturated carbocycles. The highest BCUT2D eigenvalue weighted by molar-refractivity contribution is 5.85. The Hall–Kier alpha value is -1.90. The molecule has 0 spiro atoms. The predicted octanol–water partition coefficient (Wildman–Crippen LogP) is 2.27. The Morgan fingerprint density at radius 3 is 2.81 bits per heavy atom. The minimum atomic E-state index is -0.804. The van der Waals surface area contributed by atoms with Gasteiger partial charge >= 0.3 is 11.7 Å². The molecular formula is C17H26ClN3O5. The first-order valence-electron chi connectivity index (χ1n) is 8.48. The zero-order valence-corrected chi connectivity index (χ0v) is 15.7. The van der Waals surface area contributed by atoms with E-state index in [4.69, 9.17) is 9.84 Å². The molecule has 1 N–H and O–H groups in total. The first-order chi connectivity index (χ1) is 12.0. The molecule has 0 bridgehead atoms. The average Bonchev–Trinajstić information content (AvgIpc) is 2.80. The van der Waals surface area contributed by atoms with Crippen molar-refractivity contribution in [3.05, 3.63) is 34.4 Å². The summed E-state index contributed by atoms with van der Waals surface area (Å²) < 4.78 is 5.60. The molecule has 26 heavy (non-hydrogen) atoms. The minimum Gasteiger partial charge on any atom is -0.485 e. The first-order valence-corrected chi connectivity index (χ1v) is 8.48. The fourth-order valence-electron chi connectivity index (χ4n) is 3.16. The van der Waals surface area contributed by atoms with Crippen LogP contribution < -0.4 is 4.74 Å². The molecule has 9 heteroatoms. The van der Waals surface area contributed by atoms with E-state index in [-0.39, 0.29) is 30.7 Å². The smallest absolute Gasteiger partial charge is 0.317 e. The van der Waals surface area contributed by atoms with Gasteiger partial charge in [-0.3, -0.25) is 24.7 Å². The number of carboxylic acid groups (broad SMARTS) is 1. The van der Waals surface area contributed by atoms with Crippen molar-refractivity contribution in [2.75, 3.05) is 39.8 Å². The molecule has 1 aromatic carbocycles. The normalized spacial score (nSPS) is 18.0. The summed E-state index contributed by atoms with van der Waals surface area (Å²) in [5.74, 6) is -0.511. The van der Waals surface area contributed by atoms with Gasteiger partial charge in [-0.2, -0.15) is 0 Å². The number of halogens is 1. The fourth-order valence-corrected chi connectivity index (χ4v) is 3.16. The third-order valence-electron chi connectivity index (χ3n) is 4.53. The molecule has 2 rings (SSSR count). The summed E-state index contributed by atoms with van der Waals surface area (Å²) in [7, 11) is 1.85. The summed E-state index contributed by atoms with van der Waals surface area (Å²) in [5.41, 5.74) is -0.0197. The lowest BCUT2D eigenvalue weighted by Gasteiger charge is -2.25. The second-order valence-corrected chi connectivity index (χ2v) is 6.31. The van der Waals surface area contributed by atoms with E-state index in [1.165, 1.54) is 6.07 Å². The zero-order valence-electron chi connectivity index (χ0n) is 14.9. The number of nitro groups is 1. The lowest BCUT2D eigenvalue weighted by atomic mass is 10.1. The number of rotatable bonds is 8. The Bertz CT molecular complexity index is 602. The zero-order chi connectivity index (χ0) is 18.2. The summed E-state index contributed by atoms with van der Waals surface area (Å²) in [6.45, 7) is 2.94. The lowest BCUT2D eigenvalue weighted by Crippen LogP contribution is -2.37. The Morgan fingerprint density at radius 1 is 1.38 bits per heavy atom. The van der Waals surface area contributed by atoms with E-state index in [0.717, 1.165) is 32.4 Å². The van der Waals surface area contributed by atoms with Crippen molar-refractivity contribution in [2.24, 2.45) is 0 Å². The molecular weight excluding hydrogens is 362 g/mol. The van der Waals surface area contributed by atoms with Crippen LogP contribution in [0, 0.1) is 10.1 Å². The van der Waals surface area contributed by atoms with Gasteiger partial charge in [0, 0.05) is 18.7 Å². The van der Waals surface area contributed by atoms with Crippen LogP contribution in [0.25, 0.3) is 0 Å². The number of likely N-dealkylation sites (N-methyl/N-ethyl adjacent to an activating group) is 1. The van der Waals surface area contributed by atoms with Crippen LogP contribution in [0.1, 0.15) is 19.3 Å². The fraction of sp³-hybridized carbons (Fsp3) is 0.588. The highest BCUT2D eigenvalue weighted by atomic mass is 35.5. The van der Waals surface area contributed by atoms with Crippen LogP contribution in [-0.2, 0) is 4.79 Å². The third kappa shape index (κ3) is 6.78. The van der Waals surface area contributed by atoms with Gasteiger partial charge in [0.25, 0.3) is 0 Å². The maximum atomic E-state index is 11.0. The van der Waals surface area contributed by atoms with Crippen molar-refractivity contribution in [2.45, 2.75) is 25.3 Å². The maximum absolute atomic E-state index is 11.0. The van der Waals surface area contributed by atoms with Crippen molar-refractivity contribution in [3.63, 3.8) is 0 Å². The van der Waals surface area contributed by atoms with E-state index in [1.54, 1.807) is 18.2 Å². The summed E-state index contributed by atoms with van der Waals surface area (Å²) in [5, 5.41) is 19.9. The molecule has 1 heterocycles. The van der Waals surface area contributed by atoms with Gasteiger partial charge in [-0.1, -0.05) is 12.1 Å². The molecule has 0 radical (unpaired) electrons. The Kier molecular flexibility index (Phi) is 9.32. The monoisotopic (exact) mass is 387 g/mol. The molecule has 1 atom stereocenters. The molecule has 0 amide bonds. The SMILES string of the molecule is CN(CC(=O)O)C1CCCN(CCOc2ccccc2[N+](=O)[O-])CC1.Cl. The van der Waals surface area contributed by atoms with Gasteiger partial charge in [-0.05, 0) is 45.5 Å². The molecule has 1 fully saturated rings. The largest absolute Gasteiger partial charge is 0.485 e. The van der Waals surface area contributed by atoms with E-state index >= 15 is 0 Å². The van der Waals surface area contributed by atoms with Crippen LogP contribution >= 0.6 is 12.4 Å². The average molecular weight is 388 g/mol. The summed E-state index contributed by atoms with van der Waals surface area (Å²) in [6, 6.07) is 6.66. The number of ether oxygens (including phenoxy) is 1. The van der Waals surface area contributed by atoms with E-state index in [0.29, 0.717) is 18.9 Å². The van der Waals surface area contributed by atoms with Crippen LogP contribution in [-0.4, -0.2) is 71.7 Å². The minimum absolute atomic E-state index is 0. The van der Waals surface area contributed by atoms with Gasteiger partial charge in [-0.25, -0.2) is 0 Å². The van der Waals surface area contributed by atoms with Crippen molar-refractivity contribution < 1.29 is 19.6 Å². The van der Waals surface area contributed by atoms with E-state index in [1.807, 2.05) is 11.9 Å². The van der Waals surface area contributed by atoms with Gasteiger partial charge in [0.1, 0.15) is 6.61 Å². The Labute approximate surface area is 159 Å².